The molecule has 0 spiro atoms. The lowest BCUT2D eigenvalue weighted by molar-refractivity contribution is -0.0138. The summed E-state index contributed by atoms with van der Waals surface area (Å²) in [6.45, 7) is 4.98. The number of ether oxygens (including phenoxy) is 1. The molecule has 3 N–H and O–H groups in total. The Bertz CT molecular complexity index is 373. The fraction of sp³-hybridized carbons (Fsp3) is 0.941. The van der Waals surface area contributed by atoms with Crippen molar-refractivity contribution in [1.29, 1.82) is 0 Å². The molecule has 0 aromatic carbocycles. The topological polar surface area (TPSA) is 62.9 Å². The van der Waals surface area contributed by atoms with Gasteiger partial charge in [0.2, 0.25) is 0 Å². The number of rotatable bonds is 4. The highest BCUT2D eigenvalue weighted by Gasteiger charge is 2.39. The number of nitrogens with one attached hydrogen (secondary N) is 1. The predicted octanol–water partition coefficient (Wildman–Crippen LogP) is 2.49. The number of nitrogens with two attached hydrogens (primary N) is 1. The first-order chi connectivity index (χ1) is 10.8. The molecule has 3 fully saturated rings. The number of hydrogen-bond acceptors (Lipinski definition) is 3. The highest BCUT2D eigenvalue weighted by atomic mass is 127. The molecule has 0 amide bonds. The second-order valence-corrected chi connectivity index (χ2v) is 7.21. The molecule has 3 aliphatic rings. The fourth-order valence-electron chi connectivity index (χ4n) is 4.25. The van der Waals surface area contributed by atoms with Crippen LogP contribution in [0.25, 0.3) is 0 Å². The zero-order chi connectivity index (χ0) is 15.3. The lowest BCUT2D eigenvalue weighted by Crippen LogP contribution is -2.54. The second kappa shape index (κ2) is 9.42. The van der Waals surface area contributed by atoms with E-state index in [-0.39, 0.29) is 29.5 Å². The molecule has 0 unspecified atom stereocenters. The van der Waals surface area contributed by atoms with Gasteiger partial charge in [0.25, 0.3) is 0 Å². The summed E-state index contributed by atoms with van der Waals surface area (Å²) in [5, 5.41) is 3.44. The summed E-state index contributed by atoms with van der Waals surface area (Å²) >= 11 is 0. The lowest BCUT2D eigenvalue weighted by atomic mass is 9.88. The number of likely N-dealkylation sites (tertiary alicyclic amines) is 1. The number of guanidine groups is 1. The Morgan fingerprint density at radius 3 is 2.39 bits per heavy atom. The normalized spacial score (nSPS) is 26.7. The third kappa shape index (κ3) is 5.19. The van der Waals surface area contributed by atoms with Crippen molar-refractivity contribution in [3.05, 3.63) is 0 Å². The molecule has 2 aliphatic heterocycles. The quantitative estimate of drug-likeness (QED) is 0.404. The first kappa shape index (κ1) is 19.2. The van der Waals surface area contributed by atoms with Crippen LogP contribution in [0.1, 0.15) is 57.8 Å². The van der Waals surface area contributed by atoms with Crippen LogP contribution in [0.2, 0.25) is 0 Å². The summed E-state index contributed by atoms with van der Waals surface area (Å²) in [7, 11) is 0. The average Bonchev–Trinajstić information content (AvgIpc) is 3.10. The van der Waals surface area contributed by atoms with E-state index in [1.54, 1.807) is 0 Å². The van der Waals surface area contributed by atoms with Crippen molar-refractivity contribution >= 4 is 29.9 Å². The minimum atomic E-state index is 0. The fourth-order valence-corrected chi connectivity index (χ4v) is 4.25. The molecule has 0 aromatic heterocycles. The van der Waals surface area contributed by atoms with E-state index >= 15 is 0 Å². The van der Waals surface area contributed by atoms with E-state index < -0.39 is 0 Å². The summed E-state index contributed by atoms with van der Waals surface area (Å²) in [6, 6.07) is 0.537. The SMILES string of the molecule is I.NC(=NCC1(N2CCCC2)CCOCC1)NC1CCCCC1. The zero-order valence-electron chi connectivity index (χ0n) is 14.3. The van der Waals surface area contributed by atoms with Crippen molar-refractivity contribution in [3.63, 3.8) is 0 Å². The van der Waals surface area contributed by atoms with Crippen LogP contribution >= 0.6 is 24.0 Å². The van der Waals surface area contributed by atoms with Gasteiger partial charge in [-0.15, -0.1) is 24.0 Å². The molecule has 0 atom stereocenters. The van der Waals surface area contributed by atoms with Crippen LogP contribution < -0.4 is 11.1 Å². The molecular formula is C17H33IN4O. The van der Waals surface area contributed by atoms with E-state index in [4.69, 9.17) is 15.5 Å². The Balaban J connectivity index is 0.00000192. The molecule has 1 saturated carbocycles. The molecule has 134 valence electrons. The van der Waals surface area contributed by atoms with Crippen molar-refractivity contribution in [2.45, 2.75) is 69.4 Å². The highest BCUT2D eigenvalue weighted by Crippen LogP contribution is 2.31. The summed E-state index contributed by atoms with van der Waals surface area (Å²) in [5.74, 6) is 0.650. The average molecular weight is 436 g/mol. The largest absolute Gasteiger partial charge is 0.381 e. The number of hydrogen-bond donors (Lipinski definition) is 2. The van der Waals surface area contributed by atoms with Gasteiger partial charge in [-0.3, -0.25) is 9.89 Å². The second-order valence-electron chi connectivity index (χ2n) is 7.21. The minimum Gasteiger partial charge on any atom is -0.381 e. The van der Waals surface area contributed by atoms with Crippen molar-refractivity contribution < 1.29 is 4.74 Å². The van der Waals surface area contributed by atoms with Gasteiger partial charge in [-0.05, 0) is 51.6 Å². The summed E-state index contributed by atoms with van der Waals surface area (Å²) in [4.78, 5) is 7.39. The van der Waals surface area contributed by atoms with Crippen LogP contribution in [0.4, 0.5) is 0 Å². The van der Waals surface area contributed by atoms with E-state index in [0.717, 1.165) is 32.6 Å². The Kier molecular flexibility index (Phi) is 7.88. The maximum absolute atomic E-state index is 6.17. The van der Waals surface area contributed by atoms with Crippen LogP contribution in [-0.2, 0) is 4.74 Å². The first-order valence-corrected chi connectivity index (χ1v) is 9.18. The van der Waals surface area contributed by atoms with E-state index in [9.17, 15) is 0 Å². The van der Waals surface area contributed by atoms with Gasteiger partial charge in [-0.1, -0.05) is 19.3 Å². The molecule has 1 aliphatic carbocycles. The molecule has 0 aromatic rings. The number of nitrogens with zero attached hydrogens (tertiary/aromatic N) is 2. The van der Waals surface area contributed by atoms with Crippen LogP contribution in [0.5, 0.6) is 0 Å². The van der Waals surface area contributed by atoms with Crippen molar-refractivity contribution in [2.75, 3.05) is 32.8 Å². The van der Waals surface area contributed by atoms with E-state index in [1.807, 2.05) is 0 Å². The van der Waals surface area contributed by atoms with Gasteiger partial charge in [0, 0.05) is 24.8 Å². The third-order valence-corrected chi connectivity index (χ3v) is 5.70. The lowest BCUT2D eigenvalue weighted by Gasteiger charge is -2.43. The minimum absolute atomic E-state index is 0. The van der Waals surface area contributed by atoms with Gasteiger partial charge in [0.1, 0.15) is 0 Å². The zero-order valence-corrected chi connectivity index (χ0v) is 16.6. The standard InChI is InChI=1S/C17H32N4O.HI/c18-16(20-15-6-2-1-3-7-15)19-14-17(8-12-22-13-9-17)21-10-4-5-11-21;/h15H,1-14H2,(H3,18,19,20);1H. The van der Waals surface area contributed by atoms with Gasteiger partial charge in [-0.25, -0.2) is 0 Å². The Labute approximate surface area is 157 Å². The smallest absolute Gasteiger partial charge is 0.188 e. The molecule has 5 nitrogen and oxygen atoms in total. The maximum atomic E-state index is 6.17. The van der Waals surface area contributed by atoms with Gasteiger partial charge in [0.05, 0.1) is 6.54 Å². The molecule has 6 heteroatoms. The molecule has 3 rings (SSSR count). The Hall–Kier alpha value is -0.0800. The van der Waals surface area contributed by atoms with E-state index in [1.165, 1.54) is 58.0 Å². The van der Waals surface area contributed by atoms with Gasteiger partial charge >= 0.3 is 0 Å². The highest BCUT2D eigenvalue weighted by molar-refractivity contribution is 14.0. The molecule has 0 bridgehead atoms. The van der Waals surface area contributed by atoms with Gasteiger partial charge in [0.15, 0.2) is 5.96 Å². The molecule has 2 heterocycles. The van der Waals surface area contributed by atoms with Crippen LogP contribution in [0.3, 0.4) is 0 Å². The van der Waals surface area contributed by atoms with E-state index in [0.29, 0.717) is 12.0 Å². The maximum Gasteiger partial charge on any atom is 0.188 e. The van der Waals surface area contributed by atoms with Crippen LogP contribution in [0.15, 0.2) is 4.99 Å². The Morgan fingerprint density at radius 2 is 1.74 bits per heavy atom. The van der Waals surface area contributed by atoms with Gasteiger partial charge in [-0.2, -0.15) is 0 Å². The van der Waals surface area contributed by atoms with Crippen molar-refractivity contribution in [3.8, 4) is 0 Å². The predicted molar refractivity (Wildman–Crippen MR) is 106 cm³/mol. The monoisotopic (exact) mass is 436 g/mol. The number of aliphatic imine (C=N–C) groups is 1. The van der Waals surface area contributed by atoms with Crippen LogP contribution in [-0.4, -0.2) is 55.3 Å². The van der Waals surface area contributed by atoms with E-state index in [2.05, 4.69) is 10.2 Å². The first-order valence-electron chi connectivity index (χ1n) is 9.18. The van der Waals surface area contributed by atoms with Gasteiger partial charge < -0.3 is 15.8 Å². The van der Waals surface area contributed by atoms with Crippen LogP contribution in [0, 0.1) is 0 Å². The molecular weight excluding hydrogens is 403 g/mol. The summed E-state index contributed by atoms with van der Waals surface area (Å²) in [5.41, 5.74) is 6.36. The van der Waals surface area contributed by atoms with Crippen molar-refractivity contribution in [2.24, 2.45) is 10.7 Å². The van der Waals surface area contributed by atoms with Crippen molar-refractivity contribution in [1.82, 2.24) is 10.2 Å². The summed E-state index contributed by atoms with van der Waals surface area (Å²) < 4.78 is 5.59. The molecule has 2 saturated heterocycles. The third-order valence-electron chi connectivity index (χ3n) is 5.70. The molecule has 23 heavy (non-hydrogen) atoms. The molecule has 0 radical (unpaired) electrons. The summed E-state index contributed by atoms with van der Waals surface area (Å²) in [6.07, 6.45) is 11.3. The Morgan fingerprint density at radius 1 is 1.09 bits per heavy atom. The number of halogens is 1.